The van der Waals surface area contributed by atoms with Gasteiger partial charge in [0.25, 0.3) is 0 Å². The van der Waals surface area contributed by atoms with Crippen LogP contribution in [0.15, 0.2) is 42.5 Å². The van der Waals surface area contributed by atoms with Crippen molar-refractivity contribution < 1.29 is 14.3 Å². The van der Waals surface area contributed by atoms with Crippen LogP contribution in [0.4, 0.5) is 0 Å². The molecule has 0 spiro atoms. The Balaban J connectivity index is 2.27. The zero-order valence-electron chi connectivity index (χ0n) is 13.7. The summed E-state index contributed by atoms with van der Waals surface area (Å²) in [4.78, 5) is 12.0. The molecule has 0 aromatic heterocycles. The van der Waals surface area contributed by atoms with Crippen LogP contribution in [0.5, 0.6) is 5.75 Å². The van der Waals surface area contributed by atoms with E-state index in [1.807, 2.05) is 39.0 Å². The van der Waals surface area contributed by atoms with Crippen molar-refractivity contribution >= 4 is 5.97 Å². The summed E-state index contributed by atoms with van der Waals surface area (Å²) in [6, 6.07) is 14.6. The molecule has 0 amide bonds. The SMILES string of the molecule is COc1cc(-c2ccc(C(=O)OC(C)(C)C)cc2)ccc1C#N. The summed E-state index contributed by atoms with van der Waals surface area (Å²) < 4.78 is 10.6. The van der Waals surface area contributed by atoms with Gasteiger partial charge < -0.3 is 9.47 Å². The first-order valence-corrected chi connectivity index (χ1v) is 7.26. The van der Waals surface area contributed by atoms with E-state index in [0.29, 0.717) is 16.9 Å². The average molecular weight is 309 g/mol. The molecule has 0 heterocycles. The standard InChI is InChI=1S/C19H19NO3/c1-19(2,3)23-18(21)14-7-5-13(6-8-14)15-9-10-16(12-20)17(11-15)22-4/h5-11H,1-4H3. The third-order valence-electron chi connectivity index (χ3n) is 3.17. The number of nitriles is 1. The lowest BCUT2D eigenvalue weighted by Gasteiger charge is -2.19. The van der Waals surface area contributed by atoms with Gasteiger partial charge in [-0.3, -0.25) is 0 Å². The summed E-state index contributed by atoms with van der Waals surface area (Å²) in [5.41, 5.74) is 2.32. The van der Waals surface area contributed by atoms with Gasteiger partial charge in [0, 0.05) is 0 Å². The fourth-order valence-corrected chi connectivity index (χ4v) is 2.10. The van der Waals surface area contributed by atoms with Gasteiger partial charge in [0.05, 0.1) is 18.2 Å². The molecule has 2 aromatic carbocycles. The van der Waals surface area contributed by atoms with Crippen LogP contribution in [-0.2, 0) is 4.74 Å². The van der Waals surface area contributed by atoms with Gasteiger partial charge in [-0.05, 0) is 56.2 Å². The molecule has 0 N–H and O–H groups in total. The van der Waals surface area contributed by atoms with E-state index < -0.39 is 5.60 Å². The predicted molar refractivity (Wildman–Crippen MR) is 88.3 cm³/mol. The van der Waals surface area contributed by atoms with Gasteiger partial charge in [0.15, 0.2) is 0 Å². The highest BCUT2D eigenvalue weighted by Gasteiger charge is 2.17. The molecular weight excluding hydrogens is 290 g/mol. The highest BCUT2D eigenvalue weighted by molar-refractivity contribution is 5.90. The van der Waals surface area contributed by atoms with Crippen LogP contribution in [0.3, 0.4) is 0 Å². The minimum Gasteiger partial charge on any atom is -0.495 e. The Morgan fingerprint density at radius 3 is 2.17 bits per heavy atom. The zero-order chi connectivity index (χ0) is 17.0. The Morgan fingerprint density at radius 1 is 1.04 bits per heavy atom. The second-order valence-electron chi connectivity index (χ2n) is 6.11. The fraction of sp³-hybridized carbons (Fsp3) is 0.263. The molecule has 2 rings (SSSR count). The van der Waals surface area contributed by atoms with Crippen LogP contribution in [0.25, 0.3) is 11.1 Å². The Kier molecular flexibility index (Phi) is 4.71. The number of rotatable bonds is 3. The first kappa shape index (κ1) is 16.6. The van der Waals surface area contributed by atoms with E-state index in [4.69, 9.17) is 14.7 Å². The quantitative estimate of drug-likeness (QED) is 0.798. The summed E-state index contributed by atoms with van der Waals surface area (Å²) in [6.07, 6.45) is 0. The first-order valence-electron chi connectivity index (χ1n) is 7.26. The van der Waals surface area contributed by atoms with E-state index in [9.17, 15) is 4.79 Å². The van der Waals surface area contributed by atoms with Crippen molar-refractivity contribution in [2.45, 2.75) is 26.4 Å². The van der Waals surface area contributed by atoms with E-state index in [2.05, 4.69) is 6.07 Å². The lowest BCUT2D eigenvalue weighted by Crippen LogP contribution is -2.23. The Bertz CT molecular complexity index is 750. The highest BCUT2D eigenvalue weighted by atomic mass is 16.6. The van der Waals surface area contributed by atoms with Crippen LogP contribution in [0.1, 0.15) is 36.7 Å². The summed E-state index contributed by atoms with van der Waals surface area (Å²) in [7, 11) is 1.53. The van der Waals surface area contributed by atoms with Crippen molar-refractivity contribution in [3.63, 3.8) is 0 Å². The lowest BCUT2D eigenvalue weighted by atomic mass is 10.0. The molecule has 0 unspecified atom stereocenters. The average Bonchev–Trinajstić information content (AvgIpc) is 2.52. The zero-order valence-corrected chi connectivity index (χ0v) is 13.7. The molecular formula is C19H19NO3. The maximum Gasteiger partial charge on any atom is 0.338 e. The van der Waals surface area contributed by atoms with Crippen molar-refractivity contribution in [3.8, 4) is 22.9 Å². The number of carbonyl (C=O) groups is 1. The summed E-state index contributed by atoms with van der Waals surface area (Å²) in [5, 5.41) is 9.02. The molecule has 4 heteroatoms. The van der Waals surface area contributed by atoms with E-state index in [-0.39, 0.29) is 5.97 Å². The van der Waals surface area contributed by atoms with Gasteiger partial charge in [0.2, 0.25) is 0 Å². The number of carbonyl (C=O) groups excluding carboxylic acids is 1. The molecule has 118 valence electrons. The number of ether oxygens (including phenoxy) is 2. The fourth-order valence-electron chi connectivity index (χ4n) is 2.10. The van der Waals surface area contributed by atoms with Crippen molar-refractivity contribution in [1.82, 2.24) is 0 Å². The maximum atomic E-state index is 12.0. The second kappa shape index (κ2) is 6.53. The van der Waals surface area contributed by atoms with Crippen LogP contribution in [-0.4, -0.2) is 18.7 Å². The minimum atomic E-state index is -0.518. The summed E-state index contributed by atoms with van der Waals surface area (Å²) in [6.45, 7) is 5.51. The van der Waals surface area contributed by atoms with Gasteiger partial charge in [-0.2, -0.15) is 5.26 Å². The number of hydrogen-bond acceptors (Lipinski definition) is 4. The topological polar surface area (TPSA) is 59.3 Å². The van der Waals surface area contributed by atoms with Crippen molar-refractivity contribution in [2.75, 3.05) is 7.11 Å². The molecule has 0 aliphatic carbocycles. The lowest BCUT2D eigenvalue weighted by molar-refractivity contribution is 0.00696. The van der Waals surface area contributed by atoms with E-state index in [0.717, 1.165) is 11.1 Å². The molecule has 2 aromatic rings. The van der Waals surface area contributed by atoms with E-state index >= 15 is 0 Å². The first-order chi connectivity index (χ1) is 10.8. The molecule has 0 radical (unpaired) electrons. The smallest absolute Gasteiger partial charge is 0.338 e. The number of hydrogen-bond donors (Lipinski definition) is 0. The molecule has 0 saturated carbocycles. The monoisotopic (exact) mass is 309 g/mol. The molecule has 0 aliphatic rings. The predicted octanol–water partition coefficient (Wildman–Crippen LogP) is 4.19. The van der Waals surface area contributed by atoms with Gasteiger partial charge >= 0.3 is 5.97 Å². The van der Waals surface area contributed by atoms with Gasteiger partial charge in [0.1, 0.15) is 17.4 Å². The molecule has 0 bridgehead atoms. The number of nitrogens with zero attached hydrogens (tertiary/aromatic N) is 1. The minimum absolute atomic E-state index is 0.346. The van der Waals surface area contributed by atoms with Crippen LogP contribution >= 0.6 is 0 Å². The van der Waals surface area contributed by atoms with Crippen LogP contribution in [0, 0.1) is 11.3 Å². The summed E-state index contributed by atoms with van der Waals surface area (Å²) in [5.74, 6) is 0.183. The number of benzene rings is 2. The molecule has 0 aliphatic heterocycles. The maximum absolute atomic E-state index is 12.0. The number of methoxy groups -OCH3 is 1. The van der Waals surface area contributed by atoms with Gasteiger partial charge in [-0.15, -0.1) is 0 Å². The third kappa shape index (κ3) is 4.10. The molecule has 23 heavy (non-hydrogen) atoms. The molecule has 0 saturated heterocycles. The van der Waals surface area contributed by atoms with E-state index in [1.165, 1.54) is 7.11 Å². The van der Waals surface area contributed by atoms with Crippen LogP contribution in [0.2, 0.25) is 0 Å². The van der Waals surface area contributed by atoms with Gasteiger partial charge in [-0.25, -0.2) is 4.79 Å². The van der Waals surface area contributed by atoms with Crippen molar-refractivity contribution in [3.05, 3.63) is 53.6 Å². The van der Waals surface area contributed by atoms with E-state index in [1.54, 1.807) is 24.3 Å². The second-order valence-corrected chi connectivity index (χ2v) is 6.11. The Hall–Kier alpha value is -2.80. The Morgan fingerprint density at radius 2 is 1.65 bits per heavy atom. The normalized spacial score (nSPS) is 10.7. The highest BCUT2D eigenvalue weighted by Crippen LogP contribution is 2.27. The molecule has 0 atom stereocenters. The summed E-state index contributed by atoms with van der Waals surface area (Å²) >= 11 is 0. The largest absolute Gasteiger partial charge is 0.495 e. The van der Waals surface area contributed by atoms with Crippen molar-refractivity contribution in [1.29, 1.82) is 5.26 Å². The molecule has 0 fully saturated rings. The third-order valence-corrected chi connectivity index (χ3v) is 3.17. The van der Waals surface area contributed by atoms with Crippen LogP contribution < -0.4 is 4.74 Å². The van der Waals surface area contributed by atoms with Crippen molar-refractivity contribution in [2.24, 2.45) is 0 Å². The number of esters is 1. The van der Waals surface area contributed by atoms with Gasteiger partial charge in [-0.1, -0.05) is 18.2 Å². The Labute approximate surface area is 136 Å². The molecule has 4 nitrogen and oxygen atoms in total.